The van der Waals surface area contributed by atoms with Gasteiger partial charge in [0, 0.05) is 17.9 Å². The fourth-order valence-electron chi connectivity index (χ4n) is 3.80. The van der Waals surface area contributed by atoms with Crippen LogP contribution in [0, 0.1) is 5.82 Å². The molecule has 0 unspecified atom stereocenters. The van der Waals surface area contributed by atoms with Crippen LogP contribution in [0.1, 0.15) is 52.2 Å². The summed E-state index contributed by atoms with van der Waals surface area (Å²) in [5.74, 6) is -2.91. The zero-order chi connectivity index (χ0) is 22.3. The number of nitrogens with zero attached hydrogens (tertiary/aromatic N) is 1. The van der Waals surface area contributed by atoms with E-state index in [1.165, 1.54) is 12.1 Å². The molecule has 31 heavy (non-hydrogen) atoms. The lowest BCUT2D eigenvalue weighted by Crippen LogP contribution is -2.43. The van der Waals surface area contributed by atoms with Crippen molar-refractivity contribution in [1.29, 1.82) is 0 Å². The Kier molecular flexibility index (Phi) is 5.81. The van der Waals surface area contributed by atoms with Gasteiger partial charge in [-0.1, -0.05) is 23.2 Å². The summed E-state index contributed by atoms with van der Waals surface area (Å²) in [5.41, 5.74) is 0.165. The van der Waals surface area contributed by atoms with Crippen molar-refractivity contribution in [1.82, 2.24) is 9.88 Å². The van der Waals surface area contributed by atoms with E-state index in [9.17, 15) is 23.9 Å². The number of fused-ring (bicyclic) bond motifs is 1. The summed E-state index contributed by atoms with van der Waals surface area (Å²) in [6, 6.07) is 3.76. The first-order chi connectivity index (χ1) is 14.8. The number of carbonyl (C=O) groups is 3. The molecule has 2 amide bonds. The molecule has 2 heterocycles. The second-order valence-electron chi connectivity index (χ2n) is 7.90. The third kappa shape index (κ3) is 4.07. The average Bonchev–Trinajstić information content (AvgIpc) is 3.45. The third-order valence-corrected chi connectivity index (χ3v) is 6.38. The Morgan fingerprint density at radius 3 is 2.58 bits per heavy atom. The summed E-state index contributed by atoms with van der Waals surface area (Å²) in [5, 5.41) is 14.4. The number of aliphatic hydroxyl groups excluding tert-OH is 1. The van der Waals surface area contributed by atoms with Crippen LogP contribution in [0.15, 0.2) is 18.2 Å². The van der Waals surface area contributed by atoms with E-state index in [0.717, 1.165) is 18.9 Å². The number of carbonyl (C=O) groups excluding carboxylic acids is 3. The molecule has 1 aromatic carbocycles. The molecule has 1 aliphatic heterocycles. The lowest BCUT2D eigenvalue weighted by molar-refractivity contribution is -0.118. The van der Waals surface area contributed by atoms with Crippen LogP contribution in [0.4, 0.5) is 10.1 Å². The highest BCUT2D eigenvalue weighted by Crippen LogP contribution is 2.36. The highest BCUT2D eigenvalue weighted by Gasteiger charge is 2.45. The van der Waals surface area contributed by atoms with Gasteiger partial charge in [-0.3, -0.25) is 14.4 Å². The molecule has 7 nitrogen and oxygen atoms in total. The Morgan fingerprint density at radius 2 is 1.94 bits per heavy atom. The van der Waals surface area contributed by atoms with Crippen molar-refractivity contribution >= 4 is 46.5 Å². The van der Waals surface area contributed by atoms with E-state index in [1.54, 1.807) is 4.57 Å². The number of aliphatic hydroxyl groups is 1. The van der Waals surface area contributed by atoms with Crippen LogP contribution in [-0.4, -0.2) is 39.4 Å². The number of hydrogen-bond acceptors (Lipinski definition) is 4. The van der Waals surface area contributed by atoms with Gasteiger partial charge in [-0.15, -0.1) is 0 Å². The third-order valence-electron chi connectivity index (χ3n) is 5.72. The molecule has 1 saturated carbocycles. The molecule has 10 heteroatoms. The number of amides is 2. The molecule has 0 saturated heterocycles. The number of rotatable bonds is 6. The minimum Gasteiger partial charge on any atom is -0.394 e. The Labute approximate surface area is 187 Å². The highest BCUT2D eigenvalue weighted by molar-refractivity contribution is 6.48. The minimum atomic E-state index is -0.864. The summed E-state index contributed by atoms with van der Waals surface area (Å²) < 4.78 is 15.0. The summed E-state index contributed by atoms with van der Waals surface area (Å²) in [6.45, 7) is 0.199. The monoisotopic (exact) mass is 467 g/mol. The molecule has 0 spiro atoms. The van der Waals surface area contributed by atoms with Crippen molar-refractivity contribution < 1.29 is 23.9 Å². The van der Waals surface area contributed by atoms with Gasteiger partial charge < -0.3 is 20.3 Å². The predicted octanol–water partition coefficient (Wildman–Crippen LogP) is 3.35. The molecule has 2 aromatic rings. The van der Waals surface area contributed by atoms with Crippen molar-refractivity contribution in [3.8, 4) is 0 Å². The molecular formula is C21H20Cl2FN3O4. The molecule has 2 aliphatic rings. The fourth-order valence-corrected chi connectivity index (χ4v) is 4.36. The lowest BCUT2D eigenvalue weighted by atomic mass is 10.1. The predicted molar refractivity (Wildman–Crippen MR) is 113 cm³/mol. The molecule has 0 bridgehead atoms. The standard InChI is InChI=1S/C21H20Cl2FN3O4/c22-12-9-11(4-5-13(12)24)25-19(30)15-14-3-1-2-8-27(14)17(16(15)23)18(29)20(31)26-21(10-28)6-7-21/h4-5,9,28H,1-3,6-8,10H2,(H,25,30)(H,26,31). The van der Waals surface area contributed by atoms with Gasteiger partial charge in [-0.2, -0.15) is 0 Å². The Bertz CT molecular complexity index is 1090. The van der Waals surface area contributed by atoms with Crippen molar-refractivity contribution in [2.75, 3.05) is 11.9 Å². The largest absolute Gasteiger partial charge is 0.394 e. The number of Topliss-reactive ketones (excluding diaryl/α,β-unsaturated/α-hetero) is 1. The number of hydrogen-bond donors (Lipinski definition) is 3. The molecular weight excluding hydrogens is 448 g/mol. The van der Waals surface area contributed by atoms with Gasteiger partial charge in [0.2, 0.25) is 0 Å². The van der Waals surface area contributed by atoms with Crippen LogP contribution in [0.5, 0.6) is 0 Å². The Morgan fingerprint density at radius 1 is 1.19 bits per heavy atom. The maximum absolute atomic E-state index is 13.4. The smallest absolute Gasteiger partial charge is 0.294 e. The summed E-state index contributed by atoms with van der Waals surface area (Å²) in [6.07, 6.45) is 3.28. The van der Waals surface area contributed by atoms with Crippen LogP contribution in [-0.2, 0) is 17.8 Å². The Balaban J connectivity index is 1.66. The molecule has 0 atom stereocenters. The van der Waals surface area contributed by atoms with E-state index in [4.69, 9.17) is 23.2 Å². The quantitative estimate of drug-likeness (QED) is 0.447. The van der Waals surface area contributed by atoms with Gasteiger partial charge >= 0.3 is 0 Å². The summed E-state index contributed by atoms with van der Waals surface area (Å²) in [4.78, 5) is 38.5. The average molecular weight is 468 g/mol. The fraction of sp³-hybridized carbons (Fsp3) is 0.381. The number of benzene rings is 1. The maximum Gasteiger partial charge on any atom is 0.294 e. The van der Waals surface area contributed by atoms with E-state index < -0.39 is 29.0 Å². The van der Waals surface area contributed by atoms with Gasteiger partial charge in [-0.25, -0.2) is 4.39 Å². The molecule has 1 aromatic heterocycles. The van der Waals surface area contributed by atoms with Gasteiger partial charge in [0.25, 0.3) is 17.6 Å². The van der Waals surface area contributed by atoms with E-state index in [0.29, 0.717) is 31.5 Å². The SMILES string of the molecule is O=C(NC1(CO)CC1)C(=O)c1c(Cl)c(C(=O)Nc2ccc(F)c(Cl)c2)c2n1CCCC2. The van der Waals surface area contributed by atoms with E-state index in [-0.39, 0.29) is 33.6 Å². The van der Waals surface area contributed by atoms with Gasteiger partial charge in [0.05, 0.1) is 27.8 Å². The van der Waals surface area contributed by atoms with E-state index >= 15 is 0 Å². The summed E-state index contributed by atoms with van der Waals surface area (Å²) in [7, 11) is 0. The molecule has 3 N–H and O–H groups in total. The zero-order valence-electron chi connectivity index (χ0n) is 16.4. The van der Waals surface area contributed by atoms with Gasteiger partial charge in [-0.05, 0) is 50.3 Å². The molecule has 164 valence electrons. The number of nitrogens with one attached hydrogen (secondary N) is 2. The first kappa shape index (κ1) is 21.8. The summed E-state index contributed by atoms with van der Waals surface area (Å²) >= 11 is 12.3. The number of ketones is 1. The maximum atomic E-state index is 13.4. The van der Waals surface area contributed by atoms with Crippen molar-refractivity contribution in [2.24, 2.45) is 0 Å². The number of aromatic nitrogens is 1. The van der Waals surface area contributed by atoms with Crippen molar-refractivity contribution in [2.45, 2.75) is 44.2 Å². The van der Waals surface area contributed by atoms with Crippen molar-refractivity contribution in [3.63, 3.8) is 0 Å². The van der Waals surface area contributed by atoms with Crippen LogP contribution < -0.4 is 10.6 Å². The van der Waals surface area contributed by atoms with Crippen LogP contribution in [0.3, 0.4) is 0 Å². The van der Waals surface area contributed by atoms with Gasteiger partial charge in [0.15, 0.2) is 0 Å². The first-order valence-corrected chi connectivity index (χ1v) is 10.7. The first-order valence-electron chi connectivity index (χ1n) is 9.91. The Hall–Kier alpha value is -2.42. The van der Waals surface area contributed by atoms with Crippen LogP contribution >= 0.6 is 23.2 Å². The molecule has 1 fully saturated rings. The zero-order valence-corrected chi connectivity index (χ0v) is 17.9. The van der Waals surface area contributed by atoms with Crippen LogP contribution in [0.25, 0.3) is 0 Å². The molecule has 4 rings (SSSR count). The van der Waals surface area contributed by atoms with Crippen LogP contribution in [0.2, 0.25) is 10.0 Å². The second-order valence-corrected chi connectivity index (χ2v) is 8.68. The minimum absolute atomic E-state index is 0.0371. The normalized spacial score (nSPS) is 16.4. The topological polar surface area (TPSA) is 100 Å². The second kappa shape index (κ2) is 8.26. The van der Waals surface area contributed by atoms with E-state index in [2.05, 4.69) is 10.6 Å². The molecule has 1 aliphatic carbocycles. The van der Waals surface area contributed by atoms with Crippen molar-refractivity contribution in [3.05, 3.63) is 51.0 Å². The van der Waals surface area contributed by atoms with Gasteiger partial charge in [0.1, 0.15) is 11.5 Å². The highest BCUT2D eigenvalue weighted by atomic mass is 35.5. The molecule has 0 radical (unpaired) electrons. The number of halogens is 3. The number of anilines is 1. The van der Waals surface area contributed by atoms with E-state index in [1.807, 2.05) is 0 Å². The lowest BCUT2D eigenvalue weighted by Gasteiger charge is -2.19.